The Balaban J connectivity index is 1.52. The van der Waals surface area contributed by atoms with Gasteiger partial charge in [0.25, 0.3) is 0 Å². The van der Waals surface area contributed by atoms with E-state index in [-0.39, 0.29) is 17.8 Å². The molecule has 0 bridgehead atoms. The van der Waals surface area contributed by atoms with Crippen molar-refractivity contribution >= 4 is 11.8 Å². The molecule has 0 saturated carbocycles. The van der Waals surface area contributed by atoms with Crippen LogP contribution in [0.4, 0.5) is 10.6 Å². The van der Waals surface area contributed by atoms with Crippen molar-refractivity contribution in [1.82, 2.24) is 29.5 Å². The zero-order valence-corrected chi connectivity index (χ0v) is 16.2. The summed E-state index contributed by atoms with van der Waals surface area (Å²) < 4.78 is 1.68. The monoisotopic (exact) mass is 380 g/mol. The first-order chi connectivity index (χ1) is 13.6. The first kappa shape index (κ1) is 18.2. The molecule has 9 heteroatoms. The summed E-state index contributed by atoms with van der Waals surface area (Å²) in [5.74, 6) is 0.720. The van der Waals surface area contributed by atoms with Crippen molar-refractivity contribution in [1.29, 1.82) is 5.26 Å². The van der Waals surface area contributed by atoms with Crippen LogP contribution in [-0.4, -0.2) is 74.3 Å². The zero-order chi connectivity index (χ0) is 19.7. The average Bonchev–Trinajstić information content (AvgIpc) is 3.39. The Morgan fingerprint density at radius 1 is 1.21 bits per heavy atom. The van der Waals surface area contributed by atoms with E-state index in [1.54, 1.807) is 17.1 Å². The molecule has 1 atom stereocenters. The van der Waals surface area contributed by atoms with Crippen molar-refractivity contribution in [2.45, 2.75) is 25.8 Å². The van der Waals surface area contributed by atoms with Crippen molar-refractivity contribution < 1.29 is 4.79 Å². The van der Waals surface area contributed by atoms with Crippen molar-refractivity contribution in [3.05, 3.63) is 24.3 Å². The third-order valence-corrected chi connectivity index (χ3v) is 5.42. The topological polar surface area (TPSA) is 94.2 Å². The van der Waals surface area contributed by atoms with Crippen LogP contribution >= 0.6 is 0 Å². The van der Waals surface area contributed by atoms with Gasteiger partial charge in [0.2, 0.25) is 0 Å². The SMILES string of the molecule is C[C@@H]1CN(c2cnc(C#N)c(-c3cnn(C)c3)n2)CCN1C(=O)N1CCCC1. The Morgan fingerprint density at radius 2 is 2.00 bits per heavy atom. The number of amides is 2. The molecule has 146 valence electrons. The summed E-state index contributed by atoms with van der Waals surface area (Å²) in [7, 11) is 1.82. The van der Waals surface area contributed by atoms with Gasteiger partial charge in [-0.25, -0.2) is 14.8 Å². The Kier molecular flexibility index (Phi) is 4.86. The molecular weight excluding hydrogens is 356 g/mol. The van der Waals surface area contributed by atoms with Crippen molar-refractivity contribution in [2.24, 2.45) is 7.05 Å². The van der Waals surface area contributed by atoms with Crippen molar-refractivity contribution in [2.75, 3.05) is 37.6 Å². The van der Waals surface area contributed by atoms with Gasteiger partial charge >= 0.3 is 6.03 Å². The van der Waals surface area contributed by atoms with Crippen LogP contribution in [0, 0.1) is 11.3 Å². The van der Waals surface area contributed by atoms with Gasteiger partial charge in [-0.15, -0.1) is 0 Å². The standard InChI is InChI=1S/C19H24N8O/c1-14-12-26(7-8-27(14)19(28)25-5-3-4-6-25)17-11-21-16(9-20)18(23-17)15-10-22-24(2)13-15/h10-11,13-14H,3-8,12H2,1-2H3/t14-/m1/s1. The molecule has 0 aliphatic carbocycles. The predicted molar refractivity (Wildman–Crippen MR) is 104 cm³/mol. The van der Waals surface area contributed by atoms with E-state index in [1.807, 2.05) is 23.0 Å². The number of piperazine rings is 1. The second-order valence-electron chi connectivity index (χ2n) is 7.41. The first-order valence-electron chi connectivity index (χ1n) is 9.63. The minimum absolute atomic E-state index is 0.0844. The van der Waals surface area contributed by atoms with Gasteiger partial charge in [-0.05, 0) is 19.8 Å². The normalized spacial score (nSPS) is 19.8. The number of carbonyl (C=O) groups excluding carboxylic acids is 1. The highest BCUT2D eigenvalue weighted by atomic mass is 16.2. The third-order valence-electron chi connectivity index (χ3n) is 5.42. The van der Waals surface area contributed by atoms with Gasteiger partial charge in [-0.2, -0.15) is 10.4 Å². The van der Waals surface area contributed by atoms with E-state index in [0.717, 1.165) is 37.3 Å². The van der Waals surface area contributed by atoms with E-state index in [0.29, 0.717) is 25.3 Å². The van der Waals surface area contributed by atoms with Crippen LogP contribution < -0.4 is 4.90 Å². The fourth-order valence-electron chi connectivity index (χ4n) is 3.90. The van der Waals surface area contributed by atoms with Gasteiger partial charge in [0.15, 0.2) is 5.69 Å². The summed E-state index contributed by atoms with van der Waals surface area (Å²) in [6.45, 7) is 5.83. The van der Waals surface area contributed by atoms with Gasteiger partial charge in [0.1, 0.15) is 17.6 Å². The lowest BCUT2D eigenvalue weighted by Crippen LogP contribution is -2.57. The van der Waals surface area contributed by atoms with Crippen LogP contribution in [0.25, 0.3) is 11.3 Å². The number of carbonyl (C=O) groups is 1. The number of aryl methyl sites for hydroxylation is 1. The number of nitrogens with zero attached hydrogens (tertiary/aromatic N) is 8. The molecular formula is C19H24N8O. The molecule has 4 heterocycles. The summed E-state index contributed by atoms with van der Waals surface area (Å²) in [4.78, 5) is 27.8. The molecule has 2 fully saturated rings. The molecule has 2 saturated heterocycles. The maximum atomic E-state index is 12.7. The number of rotatable bonds is 2. The highest BCUT2D eigenvalue weighted by Gasteiger charge is 2.32. The molecule has 28 heavy (non-hydrogen) atoms. The number of hydrogen-bond donors (Lipinski definition) is 0. The van der Waals surface area contributed by atoms with E-state index < -0.39 is 0 Å². The molecule has 2 aliphatic rings. The zero-order valence-electron chi connectivity index (χ0n) is 16.2. The fourth-order valence-corrected chi connectivity index (χ4v) is 3.90. The Morgan fingerprint density at radius 3 is 2.64 bits per heavy atom. The second kappa shape index (κ2) is 7.46. The van der Waals surface area contributed by atoms with E-state index >= 15 is 0 Å². The highest BCUT2D eigenvalue weighted by Crippen LogP contribution is 2.24. The first-order valence-corrected chi connectivity index (χ1v) is 9.63. The smallest absolute Gasteiger partial charge is 0.320 e. The van der Waals surface area contributed by atoms with Crippen LogP contribution in [0.15, 0.2) is 18.6 Å². The molecule has 0 radical (unpaired) electrons. The third kappa shape index (κ3) is 3.38. The number of urea groups is 1. The summed E-state index contributed by atoms with van der Waals surface area (Å²) in [6, 6.07) is 2.34. The Bertz CT molecular complexity index is 911. The second-order valence-corrected chi connectivity index (χ2v) is 7.41. The van der Waals surface area contributed by atoms with Gasteiger partial charge in [-0.3, -0.25) is 4.68 Å². The van der Waals surface area contributed by atoms with Crippen LogP contribution in [0.1, 0.15) is 25.5 Å². The quantitative estimate of drug-likeness (QED) is 0.783. The van der Waals surface area contributed by atoms with Crippen molar-refractivity contribution in [3.63, 3.8) is 0 Å². The molecule has 9 nitrogen and oxygen atoms in total. The predicted octanol–water partition coefficient (Wildman–Crippen LogP) is 1.48. The largest absolute Gasteiger partial charge is 0.351 e. The molecule has 2 aromatic rings. The van der Waals surface area contributed by atoms with Crippen LogP contribution in [-0.2, 0) is 7.05 Å². The number of hydrogen-bond acceptors (Lipinski definition) is 6. The van der Waals surface area contributed by atoms with Crippen LogP contribution in [0.3, 0.4) is 0 Å². The van der Waals surface area contributed by atoms with Gasteiger partial charge in [-0.1, -0.05) is 0 Å². The number of anilines is 1. The molecule has 0 N–H and O–H groups in total. The molecule has 2 aliphatic heterocycles. The molecule has 4 rings (SSSR count). The van der Waals surface area contributed by atoms with E-state index in [1.165, 1.54) is 0 Å². The Labute approximate surface area is 164 Å². The van der Waals surface area contributed by atoms with Gasteiger partial charge in [0.05, 0.1) is 12.4 Å². The lowest BCUT2D eigenvalue weighted by Gasteiger charge is -2.41. The lowest BCUT2D eigenvalue weighted by atomic mass is 10.2. The maximum absolute atomic E-state index is 12.7. The number of likely N-dealkylation sites (tertiary alicyclic amines) is 1. The van der Waals surface area contributed by atoms with Gasteiger partial charge < -0.3 is 14.7 Å². The molecule has 2 aromatic heterocycles. The fraction of sp³-hybridized carbons (Fsp3) is 0.526. The minimum Gasteiger partial charge on any atom is -0.351 e. The highest BCUT2D eigenvalue weighted by molar-refractivity contribution is 5.75. The van der Waals surface area contributed by atoms with Crippen molar-refractivity contribution in [3.8, 4) is 17.3 Å². The maximum Gasteiger partial charge on any atom is 0.320 e. The average molecular weight is 380 g/mol. The summed E-state index contributed by atoms with van der Waals surface area (Å²) in [5, 5.41) is 13.6. The Hall–Kier alpha value is -3.15. The van der Waals surface area contributed by atoms with Crippen LogP contribution in [0.5, 0.6) is 0 Å². The number of nitriles is 1. The van der Waals surface area contributed by atoms with E-state index in [2.05, 4.69) is 28.0 Å². The molecule has 0 unspecified atom stereocenters. The summed E-state index contributed by atoms with van der Waals surface area (Å²) in [5.41, 5.74) is 1.59. The molecule has 2 amide bonds. The van der Waals surface area contributed by atoms with E-state index in [4.69, 9.17) is 4.98 Å². The van der Waals surface area contributed by atoms with Crippen LogP contribution in [0.2, 0.25) is 0 Å². The molecule has 0 spiro atoms. The van der Waals surface area contributed by atoms with Gasteiger partial charge in [0, 0.05) is 57.6 Å². The molecule has 0 aromatic carbocycles. The number of aromatic nitrogens is 4. The lowest BCUT2D eigenvalue weighted by molar-refractivity contribution is 0.139. The summed E-state index contributed by atoms with van der Waals surface area (Å²) in [6.07, 6.45) is 7.34. The van der Waals surface area contributed by atoms with E-state index in [9.17, 15) is 10.1 Å². The minimum atomic E-state index is 0.0844. The summed E-state index contributed by atoms with van der Waals surface area (Å²) >= 11 is 0.